The second-order valence-electron chi connectivity index (χ2n) is 4.01. The number of aromatic nitrogens is 3. The van der Waals surface area contributed by atoms with Crippen LogP contribution in [0.3, 0.4) is 0 Å². The molecule has 17 heavy (non-hydrogen) atoms. The molecule has 5 heteroatoms. The van der Waals surface area contributed by atoms with Crippen LogP contribution in [0.25, 0.3) is 22.6 Å². The van der Waals surface area contributed by atoms with Gasteiger partial charge in [-0.3, -0.25) is 4.68 Å². The van der Waals surface area contributed by atoms with E-state index in [2.05, 4.69) is 10.1 Å². The summed E-state index contributed by atoms with van der Waals surface area (Å²) in [5.41, 5.74) is 9.81. The number of fused-ring (bicyclic) bond motifs is 1. The molecule has 0 bridgehead atoms. The fourth-order valence-electron chi connectivity index (χ4n) is 1.77. The van der Waals surface area contributed by atoms with Crippen molar-refractivity contribution in [3.8, 4) is 11.5 Å². The normalized spacial score (nSPS) is 11.2. The topological polar surface area (TPSA) is 69.9 Å². The fraction of sp³-hybridized carbons (Fsp3) is 0.167. The van der Waals surface area contributed by atoms with Crippen molar-refractivity contribution in [2.75, 3.05) is 5.73 Å². The third-order valence-corrected chi connectivity index (χ3v) is 2.88. The summed E-state index contributed by atoms with van der Waals surface area (Å²) in [4.78, 5) is 4.42. The number of rotatable bonds is 1. The molecule has 2 heterocycles. The molecular weight excluding hydrogens is 216 g/mol. The summed E-state index contributed by atoms with van der Waals surface area (Å²) >= 11 is 0. The first-order valence-corrected chi connectivity index (χ1v) is 5.30. The predicted molar refractivity (Wildman–Crippen MR) is 65.4 cm³/mol. The van der Waals surface area contributed by atoms with Gasteiger partial charge in [-0.2, -0.15) is 5.10 Å². The van der Waals surface area contributed by atoms with Crippen LogP contribution in [-0.4, -0.2) is 14.8 Å². The molecule has 0 spiro atoms. The van der Waals surface area contributed by atoms with Crippen molar-refractivity contribution in [1.29, 1.82) is 0 Å². The maximum absolute atomic E-state index is 5.71. The number of oxazole rings is 1. The zero-order valence-electron chi connectivity index (χ0n) is 9.64. The summed E-state index contributed by atoms with van der Waals surface area (Å²) in [5.74, 6) is 0.580. The molecule has 0 fully saturated rings. The van der Waals surface area contributed by atoms with Gasteiger partial charge in [-0.05, 0) is 25.1 Å². The summed E-state index contributed by atoms with van der Waals surface area (Å²) in [6, 6.07) is 5.42. The van der Waals surface area contributed by atoms with E-state index in [1.165, 1.54) is 0 Å². The van der Waals surface area contributed by atoms with E-state index in [0.29, 0.717) is 11.6 Å². The van der Waals surface area contributed by atoms with Crippen molar-refractivity contribution in [1.82, 2.24) is 14.8 Å². The minimum atomic E-state index is 0.580. The lowest BCUT2D eigenvalue weighted by atomic mass is 10.2. The third kappa shape index (κ3) is 1.47. The van der Waals surface area contributed by atoms with Crippen LogP contribution in [0.2, 0.25) is 0 Å². The van der Waals surface area contributed by atoms with Gasteiger partial charge in [0, 0.05) is 18.4 Å². The van der Waals surface area contributed by atoms with Crippen molar-refractivity contribution in [2.24, 2.45) is 7.05 Å². The second kappa shape index (κ2) is 3.35. The molecule has 0 atom stereocenters. The molecule has 5 nitrogen and oxygen atoms in total. The van der Waals surface area contributed by atoms with Gasteiger partial charge in [-0.1, -0.05) is 0 Å². The molecule has 0 saturated heterocycles. The quantitative estimate of drug-likeness (QED) is 0.647. The summed E-state index contributed by atoms with van der Waals surface area (Å²) in [6.07, 6.45) is 1.75. The van der Waals surface area contributed by atoms with Crippen molar-refractivity contribution in [3.05, 3.63) is 30.1 Å². The molecule has 1 aromatic carbocycles. The molecule has 0 aliphatic carbocycles. The van der Waals surface area contributed by atoms with E-state index >= 15 is 0 Å². The number of anilines is 1. The lowest BCUT2D eigenvalue weighted by Gasteiger charge is -1.94. The molecule has 0 aliphatic heterocycles. The Bertz CT molecular complexity index is 696. The van der Waals surface area contributed by atoms with Gasteiger partial charge in [-0.15, -0.1) is 0 Å². The minimum absolute atomic E-state index is 0.580. The van der Waals surface area contributed by atoms with E-state index in [9.17, 15) is 0 Å². The van der Waals surface area contributed by atoms with Crippen LogP contribution in [0.1, 0.15) is 5.69 Å². The highest BCUT2D eigenvalue weighted by molar-refractivity contribution is 5.79. The Morgan fingerprint density at radius 3 is 2.88 bits per heavy atom. The third-order valence-electron chi connectivity index (χ3n) is 2.88. The zero-order valence-corrected chi connectivity index (χ0v) is 9.64. The van der Waals surface area contributed by atoms with Gasteiger partial charge in [0.2, 0.25) is 5.89 Å². The second-order valence-corrected chi connectivity index (χ2v) is 4.01. The number of nitrogens with two attached hydrogens (primary N) is 1. The Labute approximate surface area is 97.9 Å². The van der Waals surface area contributed by atoms with Gasteiger partial charge in [0.25, 0.3) is 0 Å². The number of nitrogens with zero attached hydrogens (tertiary/aromatic N) is 3. The maximum atomic E-state index is 5.71. The molecule has 2 N–H and O–H groups in total. The Kier molecular flexibility index (Phi) is 1.95. The SMILES string of the molecule is Cc1c(-c2nc3cc(N)ccc3o2)cnn1C. The van der Waals surface area contributed by atoms with Crippen LogP contribution in [0.15, 0.2) is 28.8 Å². The average Bonchev–Trinajstić information content (AvgIpc) is 2.83. The van der Waals surface area contributed by atoms with Gasteiger partial charge >= 0.3 is 0 Å². The highest BCUT2D eigenvalue weighted by Gasteiger charge is 2.13. The highest BCUT2D eigenvalue weighted by Crippen LogP contribution is 2.27. The number of aryl methyl sites for hydroxylation is 1. The average molecular weight is 228 g/mol. The smallest absolute Gasteiger partial charge is 0.230 e. The van der Waals surface area contributed by atoms with Crippen molar-refractivity contribution in [2.45, 2.75) is 6.92 Å². The lowest BCUT2D eigenvalue weighted by molar-refractivity contribution is 0.618. The fourth-order valence-corrected chi connectivity index (χ4v) is 1.77. The van der Waals surface area contributed by atoms with E-state index in [1.807, 2.05) is 20.0 Å². The predicted octanol–water partition coefficient (Wildman–Crippen LogP) is 2.12. The van der Waals surface area contributed by atoms with Crippen molar-refractivity contribution in [3.63, 3.8) is 0 Å². The van der Waals surface area contributed by atoms with E-state index in [-0.39, 0.29) is 0 Å². The van der Waals surface area contributed by atoms with Gasteiger partial charge in [0.1, 0.15) is 5.52 Å². The number of hydrogen-bond acceptors (Lipinski definition) is 4. The van der Waals surface area contributed by atoms with Gasteiger partial charge in [0.15, 0.2) is 5.58 Å². The number of benzene rings is 1. The molecule has 0 aliphatic rings. The number of nitrogen functional groups attached to an aromatic ring is 1. The number of hydrogen-bond donors (Lipinski definition) is 1. The van der Waals surface area contributed by atoms with Crippen LogP contribution in [0, 0.1) is 6.92 Å². The maximum Gasteiger partial charge on any atom is 0.230 e. The van der Waals surface area contributed by atoms with Crippen LogP contribution < -0.4 is 5.73 Å². The molecule has 2 aromatic heterocycles. The molecule has 0 unspecified atom stereocenters. The molecule has 0 saturated carbocycles. The Morgan fingerprint density at radius 1 is 1.35 bits per heavy atom. The first-order chi connectivity index (χ1) is 8.15. The zero-order chi connectivity index (χ0) is 12.0. The Morgan fingerprint density at radius 2 is 2.18 bits per heavy atom. The Hall–Kier alpha value is -2.30. The van der Waals surface area contributed by atoms with E-state index in [1.54, 1.807) is 23.0 Å². The van der Waals surface area contributed by atoms with Crippen molar-refractivity contribution < 1.29 is 4.42 Å². The highest BCUT2D eigenvalue weighted by atomic mass is 16.3. The van der Waals surface area contributed by atoms with Gasteiger partial charge < -0.3 is 10.2 Å². The first-order valence-electron chi connectivity index (χ1n) is 5.30. The molecular formula is C12H12N4O. The van der Waals surface area contributed by atoms with Crippen LogP contribution in [0.4, 0.5) is 5.69 Å². The summed E-state index contributed by atoms with van der Waals surface area (Å²) < 4.78 is 7.47. The van der Waals surface area contributed by atoms with E-state index in [0.717, 1.165) is 22.4 Å². The van der Waals surface area contributed by atoms with Crippen molar-refractivity contribution >= 4 is 16.8 Å². The summed E-state index contributed by atoms with van der Waals surface area (Å²) in [6.45, 7) is 1.98. The summed E-state index contributed by atoms with van der Waals surface area (Å²) in [5, 5.41) is 4.17. The lowest BCUT2D eigenvalue weighted by Crippen LogP contribution is -1.92. The van der Waals surface area contributed by atoms with E-state index in [4.69, 9.17) is 10.2 Å². The first kappa shape index (κ1) is 9.89. The monoisotopic (exact) mass is 228 g/mol. The van der Waals surface area contributed by atoms with Crippen LogP contribution in [0.5, 0.6) is 0 Å². The van der Waals surface area contributed by atoms with Gasteiger partial charge in [0.05, 0.1) is 11.8 Å². The van der Waals surface area contributed by atoms with Crippen LogP contribution >= 0.6 is 0 Å². The molecule has 86 valence electrons. The largest absolute Gasteiger partial charge is 0.436 e. The van der Waals surface area contributed by atoms with Crippen LogP contribution in [-0.2, 0) is 7.05 Å². The molecule has 0 radical (unpaired) electrons. The van der Waals surface area contributed by atoms with Gasteiger partial charge in [-0.25, -0.2) is 4.98 Å². The minimum Gasteiger partial charge on any atom is -0.436 e. The Balaban J connectivity index is 2.21. The summed E-state index contributed by atoms with van der Waals surface area (Å²) in [7, 11) is 1.89. The standard InChI is InChI=1S/C12H12N4O/c1-7-9(6-14-16(7)2)12-15-10-5-8(13)3-4-11(10)17-12/h3-6H,13H2,1-2H3. The van der Waals surface area contributed by atoms with E-state index < -0.39 is 0 Å². The molecule has 3 rings (SSSR count). The molecule has 3 aromatic rings. The molecule has 0 amide bonds.